The van der Waals surface area contributed by atoms with Crippen LogP contribution in [0.5, 0.6) is 0 Å². The third-order valence-electron chi connectivity index (χ3n) is 2.51. The average Bonchev–Trinajstić information content (AvgIpc) is 2.49. The van der Waals surface area contributed by atoms with Crippen LogP contribution in [0, 0.1) is 11.3 Å². The fourth-order valence-electron chi connectivity index (χ4n) is 1.34. The van der Waals surface area contributed by atoms with Gasteiger partial charge in [-0.3, -0.25) is 0 Å². The van der Waals surface area contributed by atoms with Crippen molar-refractivity contribution in [3.63, 3.8) is 0 Å². The van der Waals surface area contributed by atoms with Crippen molar-refractivity contribution in [2.75, 3.05) is 6.61 Å². The lowest BCUT2D eigenvalue weighted by Gasteiger charge is -2.28. The smallest absolute Gasteiger partial charge is 0.0934 e. The molecule has 0 saturated carbocycles. The number of rotatable bonds is 3. The molecule has 0 aromatic carbocycles. The SMILES string of the molecule is CC(C)(C)C(CO)Cc1ccoc1. The van der Waals surface area contributed by atoms with Gasteiger partial charge in [-0.2, -0.15) is 0 Å². The molecule has 1 heterocycles. The molecule has 1 aromatic heterocycles. The zero-order valence-corrected chi connectivity index (χ0v) is 8.58. The van der Waals surface area contributed by atoms with E-state index < -0.39 is 0 Å². The van der Waals surface area contributed by atoms with E-state index in [1.54, 1.807) is 12.5 Å². The molecule has 0 aliphatic heterocycles. The van der Waals surface area contributed by atoms with Crippen LogP contribution >= 0.6 is 0 Å². The molecular weight excluding hydrogens is 164 g/mol. The molecule has 0 fully saturated rings. The highest BCUT2D eigenvalue weighted by Crippen LogP contribution is 2.28. The standard InChI is InChI=1S/C11H18O2/c1-11(2,3)10(7-12)6-9-4-5-13-8-9/h4-5,8,10,12H,6-7H2,1-3H3. The summed E-state index contributed by atoms with van der Waals surface area (Å²) in [4.78, 5) is 0. The van der Waals surface area contributed by atoms with Gasteiger partial charge in [0, 0.05) is 6.61 Å². The van der Waals surface area contributed by atoms with E-state index in [-0.39, 0.29) is 12.0 Å². The summed E-state index contributed by atoms with van der Waals surface area (Å²) in [5, 5.41) is 9.23. The first-order valence-electron chi connectivity index (χ1n) is 4.66. The minimum absolute atomic E-state index is 0.145. The van der Waals surface area contributed by atoms with E-state index in [0.717, 1.165) is 12.0 Å². The highest BCUT2D eigenvalue weighted by Gasteiger charge is 2.24. The number of aliphatic hydroxyl groups is 1. The molecular formula is C11H18O2. The molecule has 1 N–H and O–H groups in total. The van der Waals surface area contributed by atoms with Gasteiger partial charge < -0.3 is 9.52 Å². The summed E-state index contributed by atoms with van der Waals surface area (Å²) < 4.78 is 4.99. The molecule has 0 spiro atoms. The van der Waals surface area contributed by atoms with E-state index in [4.69, 9.17) is 4.42 Å². The molecule has 0 amide bonds. The second-order valence-corrected chi connectivity index (χ2v) is 4.58. The Morgan fingerprint density at radius 2 is 2.15 bits per heavy atom. The number of aliphatic hydroxyl groups excluding tert-OH is 1. The molecule has 74 valence electrons. The van der Waals surface area contributed by atoms with E-state index in [2.05, 4.69) is 20.8 Å². The van der Waals surface area contributed by atoms with Crippen molar-refractivity contribution >= 4 is 0 Å². The molecule has 0 bridgehead atoms. The Morgan fingerprint density at radius 1 is 1.46 bits per heavy atom. The van der Waals surface area contributed by atoms with Gasteiger partial charge in [0.25, 0.3) is 0 Å². The maximum Gasteiger partial charge on any atom is 0.0934 e. The van der Waals surface area contributed by atoms with Gasteiger partial charge in [0.1, 0.15) is 0 Å². The minimum atomic E-state index is 0.145. The van der Waals surface area contributed by atoms with Gasteiger partial charge in [0.2, 0.25) is 0 Å². The summed E-state index contributed by atoms with van der Waals surface area (Å²) in [6.07, 6.45) is 4.30. The average molecular weight is 182 g/mol. The summed E-state index contributed by atoms with van der Waals surface area (Å²) in [6.45, 7) is 6.67. The van der Waals surface area contributed by atoms with E-state index >= 15 is 0 Å². The molecule has 1 unspecified atom stereocenters. The van der Waals surface area contributed by atoms with Crippen LogP contribution in [0.4, 0.5) is 0 Å². The van der Waals surface area contributed by atoms with E-state index in [1.807, 2.05) is 6.07 Å². The topological polar surface area (TPSA) is 33.4 Å². The van der Waals surface area contributed by atoms with Gasteiger partial charge in [0.15, 0.2) is 0 Å². The van der Waals surface area contributed by atoms with Crippen molar-refractivity contribution in [3.05, 3.63) is 24.2 Å². The Morgan fingerprint density at radius 3 is 2.54 bits per heavy atom. The Bertz CT molecular complexity index is 231. The van der Waals surface area contributed by atoms with E-state index in [9.17, 15) is 5.11 Å². The van der Waals surface area contributed by atoms with Gasteiger partial charge in [-0.1, -0.05) is 20.8 Å². The van der Waals surface area contributed by atoms with Crippen molar-refractivity contribution in [2.45, 2.75) is 27.2 Å². The fourth-order valence-corrected chi connectivity index (χ4v) is 1.34. The minimum Gasteiger partial charge on any atom is -0.472 e. The Balaban J connectivity index is 2.60. The second kappa shape index (κ2) is 3.97. The summed E-state index contributed by atoms with van der Waals surface area (Å²) >= 11 is 0. The monoisotopic (exact) mass is 182 g/mol. The van der Waals surface area contributed by atoms with Crippen LogP contribution in [0.2, 0.25) is 0 Å². The zero-order chi connectivity index (χ0) is 9.90. The Hall–Kier alpha value is -0.760. The van der Waals surface area contributed by atoms with Gasteiger partial charge in [0.05, 0.1) is 12.5 Å². The lowest BCUT2D eigenvalue weighted by molar-refractivity contribution is 0.131. The molecule has 2 heteroatoms. The predicted molar refractivity (Wildman–Crippen MR) is 52.4 cm³/mol. The Labute approximate surface area is 79.6 Å². The zero-order valence-electron chi connectivity index (χ0n) is 8.58. The lowest BCUT2D eigenvalue weighted by atomic mass is 9.78. The first kappa shape index (κ1) is 10.3. The normalized spacial score (nSPS) is 14.5. The first-order valence-corrected chi connectivity index (χ1v) is 4.66. The third kappa shape index (κ3) is 2.88. The summed E-state index contributed by atoms with van der Waals surface area (Å²) in [5.74, 6) is 0.296. The van der Waals surface area contributed by atoms with Crippen LogP contribution in [0.3, 0.4) is 0 Å². The quantitative estimate of drug-likeness (QED) is 0.779. The van der Waals surface area contributed by atoms with E-state index in [1.165, 1.54) is 0 Å². The highest BCUT2D eigenvalue weighted by atomic mass is 16.3. The largest absolute Gasteiger partial charge is 0.472 e. The van der Waals surface area contributed by atoms with Gasteiger partial charge >= 0.3 is 0 Å². The molecule has 2 nitrogen and oxygen atoms in total. The summed E-state index contributed by atoms with van der Waals surface area (Å²) in [7, 11) is 0. The summed E-state index contributed by atoms with van der Waals surface area (Å²) in [5.41, 5.74) is 1.31. The van der Waals surface area contributed by atoms with Gasteiger partial charge in [-0.25, -0.2) is 0 Å². The van der Waals surface area contributed by atoms with E-state index in [0.29, 0.717) is 5.92 Å². The molecule has 0 radical (unpaired) electrons. The molecule has 0 saturated heterocycles. The van der Waals surface area contributed by atoms with Crippen molar-refractivity contribution in [3.8, 4) is 0 Å². The van der Waals surface area contributed by atoms with Crippen LogP contribution in [0.25, 0.3) is 0 Å². The molecule has 1 atom stereocenters. The second-order valence-electron chi connectivity index (χ2n) is 4.58. The molecule has 13 heavy (non-hydrogen) atoms. The van der Waals surface area contributed by atoms with Crippen molar-refractivity contribution in [2.24, 2.45) is 11.3 Å². The summed E-state index contributed by atoms with van der Waals surface area (Å²) in [6, 6.07) is 1.95. The third-order valence-corrected chi connectivity index (χ3v) is 2.51. The maximum atomic E-state index is 9.23. The van der Waals surface area contributed by atoms with Crippen molar-refractivity contribution < 1.29 is 9.52 Å². The fraction of sp³-hybridized carbons (Fsp3) is 0.636. The van der Waals surface area contributed by atoms with Crippen molar-refractivity contribution in [1.82, 2.24) is 0 Å². The van der Waals surface area contributed by atoms with Crippen LogP contribution in [-0.2, 0) is 6.42 Å². The molecule has 0 aliphatic rings. The lowest BCUT2D eigenvalue weighted by Crippen LogP contribution is -2.25. The maximum absolute atomic E-state index is 9.23. The van der Waals surface area contributed by atoms with Crippen LogP contribution < -0.4 is 0 Å². The molecule has 0 aliphatic carbocycles. The van der Waals surface area contributed by atoms with Crippen LogP contribution in [0.1, 0.15) is 26.3 Å². The number of furan rings is 1. The van der Waals surface area contributed by atoms with Gasteiger partial charge in [-0.05, 0) is 29.4 Å². The number of hydrogen-bond acceptors (Lipinski definition) is 2. The molecule has 1 rings (SSSR count). The van der Waals surface area contributed by atoms with Crippen LogP contribution in [0.15, 0.2) is 23.0 Å². The highest BCUT2D eigenvalue weighted by molar-refractivity contribution is 5.07. The Kier molecular flexibility index (Phi) is 3.15. The first-order chi connectivity index (χ1) is 6.04. The predicted octanol–water partition coefficient (Wildman–Crippen LogP) is 2.48. The molecule has 1 aromatic rings. The number of hydrogen-bond donors (Lipinski definition) is 1. The van der Waals surface area contributed by atoms with Gasteiger partial charge in [-0.15, -0.1) is 0 Å². The van der Waals surface area contributed by atoms with Crippen LogP contribution in [-0.4, -0.2) is 11.7 Å². The van der Waals surface area contributed by atoms with Crippen molar-refractivity contribution in [1.29, 1.82) is 0 Å².